The smallest absolute Gasteiger partial charge is 0.323 e. The molecule has 0 unspecified atom stereocenters. The summed E-state index contributed by atoms with van der Waals surface area (Å²) in [4.78, 5) is 24.5. The number of aromatic nitrogens is 4. The third-order valence-corrected chi connectivity index (χ3v) is 5.44. The zero-order chi connectivity index (χ0) is 18.2. The van der Waals surface area contributed by atoms with E-state index < -0.39 is 21.9 Å². The Balaban J connectivity index is 1.86. The van der Waals surface area contributed by atoms with Crippen molar-refractivity contribution in [2.75, 3.05) is 0 Å². The van der Waals surface area contributed by atoms with Gasteiger partial charge in [-0.2, -0.15) is 8.42 Å². The first-order chi connectivity index (χ1) is 11.8. The van der Waals surface area contributed by atoms with E-state index in [1.54, 1.807) is 20.9 Å². The molecular weight excluding hydrogens is 368 g/mol. The van der Waals surface area contributed by atoms with Crippen molar-refractivity contribution in [2.45, 2.75) is 38.6 Å². The predicted octanol–water partition coefficient (Wildman–Crippen LogP) is 0.136. The van der Waals surface area contributed by atoms with Crippen LogP contribution in [0.15, 0.2) is 20.8 Å². The Labute approximate surface area is 147 Å². The van der Waals surface area contributed by atoms with Crippen LogP contribution in [0.25, 0.3) is 0 Å². The lowest BCUT2D eigenvalue weighted by molar-refractivity contribution is 0.243. The Morgan fingerprint density at radius 1 is 1.48 bits per heavy atom. The molecule has 0 aliphatic heterocycles. The zero-order valence-electron chi connectivity index (χ0n) is 13.7. The number of hydrogen-bond acceptors (Lipinski definition) is 6. The van der Waals surface area contributed by atoms with E-state index in [1.807, 2.05) is 6.92 Å². The number of hydrogen-bond donors (Lipinski definition) is 1. The minimum atomic E-state index is -4.31. The number of carbonyl (C=O) groups excluding carboxylic acids is 1. The predicted molar refractivity (Wildman–Crippen MR) is 90.5 cm³/mol. The monoisotopic (exact) mass is 386 g/mol. The largest absolute Gasteiger partial charge is 0.361 e. The quantitative estimate of drug-likeness (QED) is 0.783. The molecule has 2 aromatic rings. The maximum Gasteiger partial charge on any atom is 0.361 e. The SMILES string of the molecule is CCCn1ccsc1=NS(=O)(=O)NC(=O)n1nc(C2CC2)n(C)c1=O. The first-order valence-electron chi connectivity index (χ1n) is 7.75. The summed E-state index contributed by atoms with van der Waals surface area (Å²) in [6, 6.07) is -1.14. The Morgan fingerprint density at radius 3 is 2.84 bits per heavy atom. The van der Waals surface area contributed by atoms with E-state index in [9.17, 15) is 18.0 Å². The molecule has 2 aromatic heterocycles. The van der Waals surface area contributed by atoms with Crippen LogP contribution in [0, 0.1) is 0 Å². The van der Waals surface area contributed by atoms with Crippen molar-refractivity contribution in [3.63, 3.8) is 0 Å². The van der Waals surface area contributed by atoms with Crippen LogP contribution in [0.5, 0.6) is 0 Å². The van der Waals surface area contributed by atoms with Gasteiger partial charge in [-0.3, -0.25) is 4.57 Å². The van der Waals surface area contributed by atoms with Gasteiger partial charge in [0.05, 0.1) is 0 Å². The molecule has 1 aliphatic rings. The molecule has 3 rings (SSSR count). The van der Waals surface area contributed by atoms with Gasteiger partial charge < -0.3 is 4.57 Å². The van der Waals surface area contributed by atoms with Gasteiger partial charge in [0.2, 0.25) is 4.80 Å². The average molecular weight is 386 g/mol. The first-order valence-corrected chi connectivity index (χ1v) is 10.1. The van der Waals surface area contributed by atoms with Crippen molar-refractivity contribution in [2.24, 2.45) is 11.4 Å². The van der Waals surface area contributed by atoms with Crippen LogP contribution in [0.2, 0.25) is 0 Å². The molecule has 0 aromatic carbocycles. The van der Waals surface area contributed by atoms with Crippen LogP contribution in [0.3, 0.4) is 0 Å². The summed E-state index contributed by atoms with van der Waals surface area (Å²) in [6.07, 6.45) is 4.32. The van der Waals surface area contributed by atoms with E-state index in [0.717, 1.165) is 30.6 Å². The van der Waals surface area contributed by atoms with Crippen LogP contribution < -0.4 is 15.2 Å². The fourth-order valence-corrected chi connectivity index (χ4v) is 4.09. The molecule has 136 valence electrons. The third-order valence-electron chi connectivity index (χ3n) is 3.69. The Morgan fingerprint density at radius 2 is 2.20 bits per heavy atom. The lowest BCUT2D eigenvalue weighted by Gasteiger charge is -2.02. The molecule has 2 heterocycles. The molecule has 0 bridgehead atoms. The zero-order valence-corrected chi connectivity index (χ0v) is 15.4. The van der Waals surface area contributed by atoms with Gasteiger partial charge in [0, 0.05) is 31.1 Å². The molecule has 0 spiro atoms. The van der Waals surface area contributed by atoms with Crippen LogP contribution in [0.4, 0.5) is 4.79 Å². The van der Waals surface area contributed by atoms with E-state index in [2.05, 4.69) is 9.50 Å². The van der Waals surface area contributed by atoms with Gasteiger partial charge in [-0.25, -0.2) is 14.3 Å². The van der Waals surface area contributed by atoms with Crippen molar-refractivity contribution in [3.8, 4) is 0 Å². The number of carbonyl (C=O) groups is 1. The highest BCUT2D eigenvalue weighted by atomic mass is 32.2. The highest BCUT2D eigenvalue weighted by Gasteiger charge is 2.31. The molecule has 0 atom stereocenters. The highest BCUT2D eigenvalue weighted by molar-refractivity contribution is 7.88. The van der Waals surface area contributed by atoms with Gasteiger partial charge >= 0.3 is 21.9 Å². The van der Waals surface area contributed by atoms with E-state index in [0.29, 0.717) is 17.1 Å². The number of rotatable bonds is 5. The van der Waals surface area contributed by atoms with E-state index >= 15 is 0 Å². The molecule has 25 heavy (non-hydrogen) atoms. The summed E-state index contributed by atoms with van der Waals surface area (Å²) >= 11 is 1.14. The summed E-state index contributed by atoms with van der Waals surface area (Å²) in [5.41, 5.74) is -0.688. The Kier molecular flexibility index (Phi) is 4.64. The van der Waals surface area contributed by atoms with Gasteiger partial charge in [-0.15, -0.1) is 25.5 Å². The van der Waals surface area contributed by atoms with Gasteiger partial charge in [0.1, 0.15) is 5.82 Å². The van der Waals surface area contributed by atoms with Crippen LogP contribution in [-0.4, -0.2) is 33.4 Å². The van der Waals surface area contributed by atoms with E-state index in [1.165, 1.54) is 11.6 Å². The van der Waals surface area contributed by atoms with Gasteiger partial charge in [0.15, 0.2) is 0 Å². The summed E-state index contributed by atoms with van der Waals surface area (Å²) in [6.45, 7) is 2.56. The summed E-state index contributed by atoms with van der Waals surface area (Å²) in [5.74, 6) is 0.626. The molecule has 1 N–H and O–H groups in total. The number of aryl methyl sites for hydroxylation is 1. The molecule has 10 nitrogen and oxygen atoms in total. The highest BCUT2D eigenvalue weighted by Crippen LogP contribution is 2.38. The van der Waals surface area contributed by atoms with Crippen molar-refractivity contribution >= 4 is 27.6 Å². The molecule has 1 saturated carbocycles. The Hall–Kier alpha value is -2.21. The van der Waals surface area contributed by atoms with E-state index in [4.69, 9.17) is 0 Å². The number of nitrogens with one attached hydrogen (secondary N) is 1. The molecular formula is C13H18N6O4S2. The normalized spacial score (nSPS) is 15.5. The molecule has 1 aliphatic carbocycles. The van der Waals surface area contributed by atoms with Crippen molar-refractivity contribution in [3.05, 3.63) is 32.7 Å². The maximum atomic E-state index is 12.2. The summed E-state index contributed by atoms with van der Waals surface area (Å²) in [5, 5.41) is 5.65. The van der Waals surface area contributed by atoms with Gasteiger partial charge in [-0.1, -0.05) is 6.92 Å². The van der Waals surface area contributed by atoms with Crippen LogP contribution in [0.1, 0.15) is 37.9 Å². The molecule has 12 heteroatoms. The second kappa shape index (κ2) is 6.59. The second-order valence-corrected chi connectivity index (χ2v) is 7.95. The fraction of sp³-hybridized carbons (Fsp3) is 0.538. The van der Waals surface area contributed by atoms with Crippen LogP contribution in [-0.2, 0) is 23.8 Å². The van der Waals surface area contributed by atoms with Crippen molar-refractivity contribution in [1.29, 1.82) is 0 Å². The second-order valence-electron chi connectivity index (χ2n) is 5.74. The molecule has 1 fully saturated rings. The Bertz CT molecular complexity index is 1020. The topological polar surface area (TPSA) is 120 Å². The lowest BCUT2D eigenvalue weighted by Crippen LogP contribution is -2.40. The number of nitrogens with zero attached hydrogens (tertiary/aromatic N) is 5. The first kappa shape index (κ1) is 17.6. The standard InChI is InChI=1S/C13H18N6O4S2/c1-3-6-18-7-8-24-12(18)16-25(22,23)15-11(20)19-13(21)17(2)10(14-19)9-4-5-9/h7-9H,3-6H2,1-2H3,(H,15,20). The molecule has 0 radical (unpaired) electrons. The fourth-order valence-electron chi connectivity index (χ4n) is 2.34. The summed E-state index contributed by atoms with van der Waals surface area (Å²) in [7, 11) is -2.81. The minimum Gasteiger partial charge on any atom is -0.323 e. The number of amides is 1. The summed E-state index contributed by atoms with van der Waals surface area (Å²) < 4.78 is 33.1. The third kappa shape index (κ3) is 3.74. The molecule has 0 saturated heterocycles. The molecule has 1 amide bonds. The average Bonchev–Trinajstić information content (AvgIpc) is 3.22. The van der Waals surface area contributed by atoms with Crippen molar-refractivity contribution < 1.29 is 13.2 Å². The van der Waals surface area contributed by atoms with E-state index in [-0.39, 0.29) is 10.7 Å². The van der Waals surface area contributed by atoms with Gasteiger partial charge in [0.25, 0.3) is 0 Å². The van der Waals surface area contributed by atoms with Crippen molar-refractivity contribution in [1.82, 2.24) is 23.6 Å². The number of thiazole rings is 1. The van der Waals surface area contributed by atoms with Crippen LogP contribution >= 0.6 is 11.3 Å². The minimum absolute atomic E-state index is 0.146. The van der Waals surface area contributed by atoms with Gasteiger partial charge in [-0.05, 0) is 19.3 Å². The lowest BCUT2D eigenvalue weighted by atomic mass is 10.4. The maximum absolute atomic E-state index is 12.2.